The molecule has 1 aromatic rings. The lowest BCUT2D eigenvalue weighted by Gasteiger charge is -2.22. The van der Waals surface area contributed by atoms with Gasteiger partial charge in [-0.15, -0.1) is 0 Å². The van der Waals surface area contributed by atoms with E-state index < -0.39 is 0 Å². The molecule has 0 bridgehead atoms. The molecule has 0 radical (unpaired) electrons. The Labute approximate surface area is 119 Å². The second-order valence-electron chi connectivity index (χ2n) is 5.69. The summed E-state index contributed by atoms with van der Waals surface area (Å²) in [7, 11) is 0. The highest BCUT2D eigenvalue weighted by atomic mass is 16.5. The number of nitrogens with one attached hydrogen (secondary N) is 2. The summed E-state index contributed by atoms with van der Waals surface area (Å²) in [6.45, 7) is 2.38. The maximum Gasteiger partial charge on any atom is 0.319 e. The monoisotopic (exact) mass is 274 g/mol. The number of rotatable bonds is 3. The summed E-state index contributed by atoms with van der Waals surface area (Å²) in [4.78, 5) is 12.0. The summed E-state index contributed by atoms with van der Waals surface area (Å²) < 4.78 is 5.32. The van der Waals surface area contributed by atoms with Crippen molar-refractivity contribution in [2.45, 2.75) is 32.1 Å². The van der Waals surface area contributed by atoms with Crippen molar-refractivity contribution in [2.75, 3.05) is 25.1 Å². The van der Waals surface area contributed by atoms with Crippen LogP contribution in [0.3, 0.4) is 0 Å². The van der Waals surface area contributed by atoms with Crippen LogP contribution in [-0.4, -0.2) is 25.8 Å². The molecule has 108 valence electrons. The van der Waals surface area contributed by atoms with Gasteiger partial charge < -0.3 is 15.4 Å². The molecule has 1 saturated heterocycles. The predicted molar refractivity (Wildman–Crippen MR) is 79.0 cm³/mol. The van der Waals surface area contributed by atoms with Gasteiger partial charge in [0.15, 0.2) is 0 Å². The standard InChI is InChI=1S/C16H22N2O2/c19-16(17-11-12-7-9-20-10-8-12)18-15-6-2-4-13-3-1-5-14(13)15/h2,4,6,12H,1,3,5,7-11H2,(H2,17,18,19). The van der Waals surface area contributed by atoms with E-state index in [1.807, 2.05) is 12.1 Å². The molecule has 1 aliphatic heterocycles. The zero-order valence-corrected chi connectivity index (χ0v) is 11.8. The average Bonchev–Trinajstić information content (AvgIpc) is 2.96. The molecule has 1 fully saturated rings. The summed E-state index contributed by atoms with van der Waals surface area (Å²) in [6, 6.07) is 6.10. The van der Waals surface area contributed by atoms with Gasteiger partial charge in [-0.25, -0.2) is 4.79 Å². The molecule has 1 heterocycles. The van der Waals surface area contributed by atoms with E-state index in [1.54, 1.807) is 0 Å². The van der Waals surface area contributed by atoms with Gasteiger partial charge in [0.1, 0.15) is 0 Å². The molecular weight excluding hydrogens is 252 g/mol. The van der Waals surface area contributed by atoms with Crippen LogP contribution >= 0.6 is 0 Å². The topological polar surface area (TPSA) is 50.4 Å². The predicted octanol–water partition coefficient (Wildman–Crippen LogP) is 2.72. The van der Waals surface area contributed by atoms with E-state index in [4.69, 9.17) is 4.74 Å². The smallest absolute Gasteiger partial charge is 0.319 e. The van der Waals surface area contributed by atoms with E-state index in [0.29, 0.717) is 5.92 Å². The Morgan fingerprint density at radius 1 is 1.25 bits per heavy atom. The number of amides is 2. The number of aryl methyl sites for hydroxylation is 1. The number of hydrogen-bond acceptors (Lipinski definition) is 2. The van der Waals surface area contributed by atoms with Crippen molar-refractivity contribution >= 4 is 11.7 Å². The van der Waals surface area contributed by atoms with E-state index in [1.165, 1.54) is 17.5 Å². The number of fused-ring (bicyclic) bond motifs is 1. The maximum absolute atomic E-state index is 12.0. The first-order valence-electron chi connectivity index (χ1n) is 7.56. The molecule has 1 aliphatic carbocycles. The van der Waals surface area contributed by atoms with E-state index >= 15 is 0 Å². The van der Waals surface area contributed by atoms with E-state index in [9.17, 15) is 4.79 Å². The quantitative estimate of drug-likeness (QED) is 0.890. The summed E-state index contributed by atoms with van der Waals surface area (Å²) in [6.07, 6.45) is 5.49. The van der Waals surface area contributed by atoms with E-state index in [2.05, 4.69) is 16.7 Å². The molecule has 1 aromatic carbocycles. The molecular formula is C16H22N2O2. The van der Waals surface area contributed by atoms with Gasteiger partial charge in [0.25, 0.3) is 0 Å². The van der Waals surface area contributed by atoms with Crippen LogP contribution in [0.25, 0.3) is 0 Å². The summed E-state index contributed by atoms with van der Waals surface area (Å²) >= 11 is 0. The number of ether oxygens (including phenoxy) is 1. The van der Waals surface area contributed by atoms with Crippen LogP contribution in [0.2, 0.25) is 0 Å². The zero-order valence-electron chi connectivity index (χ0n) is 11.8. The van der Waals surface area contributed by atoms with Crippen molar-refractivity contribution in [3.05, 3.63) is 29.3 Å². The number of anilines is 1. The molecule has 3 rings (SSSR count). The molecule has 20 heavy (non-hydrogen) atoms. The second kappa shape index (κ2) is 6.27. The second-order valence-corrected chi connectivity index (χ2v) is 5.69. The first-order valence-corrected chi connectivity index (χ1v) is 7.56. The largest absolute Gasteiger partial charge is 0.381 e. The summed E-state index contributed by atoms with van der Waals surface area (Å²) in [5.74, 6) is 0.552. The normalized spacial score (nSPS) is 18.6. The highest BCUT2D eigenvalue weighted by molar-refractivity contribution is 5.90. The number of carbonyl (C=O) groups is 1. The molecule has 0 saturated carbocycles. The SMILES string of the molecule is O=C(NCC1CCOCC1)Nc1cccc2c1CCC2. The van der Waals surface area contributed by atoms with Crippen molar-refractivity contribution in [3.8, 4) is 0 Å². The fourth-order valence-corrected chi connectivity index (χ4v) is 3.09. The lowest BCUT2D eigenvalue weighted by atomic mass is 10.0. The summed E-state index contributed by atoms with van der Waals surface area (Å²) in [5, 5.41) is 5.99. The van der Waals surface area contributed by atoms with Crippen LogP contribution in [0.15, 0.2) is 18.2 Å². The molecule has 0 spiro atoms. The molecule has 0 aromatic heterocycles. The third-order valence-electron chi connectivity index (χ3n) is 4.29. The van der Waals surface area contributed by atoms with Gasteiger partial charge in [-0.1, -0.05) is 12.1 Å². The highest BCUT2D eigenvalue weighted by Crippen LogP contribution is 2.28. The van der Waals surface area contributed by atoms with Crippen molar-refractivity contribution in [1.82, 2.24) is 5.32 Å². The van der Waals surface area contributed by atoms with Crippen LogP contribution in [-0.2, 0) is 17.6 Å². The lowest BCUT2D eigenvalue weighted by molar-refractivity contribution is 0.0671. The van der Waals surface area contributed by atoms with Crippen LogP contribution < -0.4 is 10.6 Å². The maximum atomic E-state index is 12.0. The molecule has 2 aliphatic rings. The number of carbonyl (C=O) groups excluding carboxylic acids is 1. The Kier molecular flexibility index (Phi) is 4.21. The van der Waals surface area contributed by atoms with Crippen LogP contribution in [0.5, 0.6) is 0 Å². The van der Waals surface area contributed by atoms with Crippen molar-refractivity contribution < 1.29 is 9.53 Å². The number of urea groups is 1. The third-order valence-corrected chi connectivity index (χ3v) is 4.29. The fourth-order valence-electron chi connectivity index (χ4n) is 3.09. The van der Waals surface area contributed by atoms with Crippen LogP contribution in [0.4, 0.5) is 10.5 Å². The minimum absolute atomic E-state index is 0.0863. The highest BCUT2D eigenvalue weighted by Gasteiger charge is 2.17. The minimum atomic E-state index is -0.0863. The Morgan fingerprint density at radius 3 is 2.95 bits per heavy atom. The summed E-state index contributed by atoms with van der Waals surface area (Å²) in [5.41, 5.74) is 3.67. The molecule has 2 N–H and O–H groups in total. The van der Waals surface area contributed by atoms with Gasteiger partial charge in [-0.2, -0.15) is 0 Å². The van der Waals surface area contributed by atoms with E-state index in [-0.39, 0.29) is 6.03 Å². The first kappa shape index (κ1) is 13.4. The average molecular weight is 274 g/mol. The van der Waals surface area contributed by atoms with Gasteiger partial charge in [0.2, 0.25) is 0 Å². The Balaban J connectivity index is 1.52. The van der Waals surface area contributed by atoms with Crippen LogP contribution in [0, 0.1) is 5.92 Å². The van der Waals surface area contributed by atoms with Gasteiger partial charge in [0, 0.05) is 25.4 Å². The third kappa shape index (κ3) is 3.12. The molecule has 0 unspecified atom stereocenters. The first-order chi connectivity index (χ1) is 9.83. The van der Waals surface area contributed by atoms with Gasteiger partial charge >= 0.3 is 6.03 Å². The molecule has 4 heteroatoms. The van der Waals surface area contributed by atoms with Gasteiger partial charge in [-0.05, 0) is 55.2 Å². The number of hydrogen-bond donors (Lipinski definition) is 2. The van der Waals surface area contributed by atoms with Crippen LogP contribution in [0.1, 0.15) is 30.4 Å². The van der Waals surface area contributed by atoms with Crippen molar-refractivity contribution in [2.24, 2.45) is 5.92 Å². The molecule has 4 nitrogen and oxygen atoms in total. The molecule has 2 amide bonds. The fraction of sp³-hybridized carbons (Fsp3) is 0.562. The Bertz CT molecular complexity index is 481. The van der Waals surface area contributed by atoms with Gasteiger partial charge in [0.05, 0.1) is 0 Å². The Hall–Kier alpha value is -1.55. The van der Waals surface area contributed by atoms with Crippen molar-refractivity contribution in [1.29, 1.82) is 0 Å². The Morgan fingerprint density at radius 2 is 2.10 bits per heavy atom. The minimum Gasteiger partial charge on any atom is -0.381 e. The lowest BCUT2D eigenvalue weighted by Crippen LogP contribution is -2.35. The van der Waals surface area contributed by atoms with E-state index in [0.717, 1.165) is 51.1 Å². The molecule has 0 atom stereocenters. The van der Waals surface area contributed by atoms with Gasteiger partial charge in [-0.3, -0.25) is 0 Å². The number of benzene rings is 1. The van der Waals surface area contributed by atoms with Crippen molar-refractivity contribution in [3.63, 3.8) is 0 Å². The zero-order chi connectivity index (χ0) is 13.8.